The van der Waals surface area contributed by atoms with Crippen LogP contribution in [-0.4, -0.2) is 9.13 Å². The minimum absolute atomic E-state index is 1.12. The number of anilines is 3. The molecule has 0 atom stereocenters. The summed E-state index contributed by atoms with van der Waals surface area (Å²) < 4.78 is 4.77. The first-order valence-electron chi connectivity index (χ1n) is 17.2. The largest absolute Gasteiger partial charge is 0.310 e. The zero-order valence-electron chi connectivity index (χ0n) is 27.7. The summed E-state index contributed by atoms with van der Waals surface area (Å²) in [4.78, 5) is 2.44. The van der Waals surface area contributed by atoms with Crippen LogP contribution < -0.4 is 4.90 Å². The van der Waals surface area contributed by atoms with E-state index in [1.54, 1.807) is 0 Å². The number of hydrogen-bond donors (Lipinski definition) is 0. The molecular weight excluding hydrogens is 607 g/mol. The lowest BCUT2D eigenvalue weighted by molar-refractivity contribution is 1.18. The first-order valence-corrected chi connectivity index (χ1v) is 17.2. The Bertz CT molecular complexity index is 2870. The molecule has 0 N–H and O–H groups in total. The Morgan fingerprint density at radius 2 is 0.840 bits per heavy atom. The fourth-order valence-electron chi connectivity index (χ4n) is 7.91. The molecule has 236 valence electrons. The van der Waals surface area contributed by atoms with E-state index in [9.17, 15) is 0 Å². The summed E-state index contributed by atoms with van der Waals surface area (Å²) in [7, 11) is 0. The van der Waals surface area contributed by atoms with Gasteiger partial charge in [0.1, 0.15) is 0 Å². The fraction of sp³-hybridized carbons (Fsp3) is 0.0213. The third-order valence-corrected chi connectivity index (χ3v) is 10.1. The molecule has 2 heterocycles. The number of fused-ring (bicyclic) bond motifs is 7. The van der Waals surface area contributed by atoms with E-state index in [0.29, 0.717) is 0 Å². The van der Waals surface area contributed by atoms with Crippen LogP contribution in [0, 0.1) is 6.92 Å². The lowest BCUT2D eigenvalue weighted by atomic mass is 10.0. The van der Waals surface area contributed by atoms with Crippen LogP contribution >= 0.6 is 0 Å². The van der Waals surface area contributed by atoms with Crippen molar-refractivity contribution < 1.29 is 0 Å². The van der Waals surface area contributed by atoms with Crippen LogP contribution in [-0.2, 0) is 0 Å². The summed E-state index contributed by atoms with van der Waals surface area (Å²) in [5, 5.41) is 7.38. The highest BCUT2D eigenvalue weighted by Gasteiger charge is 2.21. The Labute approximate surface area is 290 Å². The number of aryl methyl sites for hydroxylation is 1. The molecule has 0 spiro atoms. The first-order chi connectivity index (χ1) is 24.7. The number of benzene rings is 8. The van der Waals surface area contributed by atoms with Gasteiger partial charge in [-0.25, -0.2) is 0 Å². The predicted octanol–water partition coefficient (Wildman–Crippen LogP) is 12.8. The van der Waals surface area contributed by atoms with E-state index in [2.05, 4.69) is 203 Å². The number of hydrogen-bond acceptors (Lipinski definition) is 1. The molecule has 0 radical (unpaired) electrons. The summed E-state index contributed by atoms with van der Waals surface area (Å²) in [6.07, 6.45) is 0. The van der Waals surface area contributed by atoms with E-state index in [1.165, 1.54) is 59.9 Å². The fourth-order valence-corrected chi connectivity index (χ4v) is 7.91. The maximum Gasteiger partial charge on any atom is 0.0542 e. The van der Waals surface area contributed by atoms with Crippen molar-refractivity contribution in [3.63, 3.8) is 0 Å². The Morgan fingerprint density at radius 3 is 1.50 bits per heavy atom. The summed E-state index contributed by atoms with van der Waals surface area (Å²) in [6, 6.07) is 66.1. The van der Waals surface area contributed by atoms with Crippen LogP contribution in [0.4, 0.5) is 17.1 Å². The molecule has 0 fully saturated rings. The number of rotatable bonds is 5. The lowest BCUT2D eigenvalue weighted by Gasteiger charge is -2.27. The van der Waals surface area contributed by atoms with Crippen molar-refractivity contribution in [1.29, 1.82) is 0 Å². The monoisotopic (exact) mass is 639 g/mol. The van der Waals surface area contributed by atoms with Crippen molar-refractivity contribution in [2.45, 2.75) is 6.92 Å². The molecule has 0 unspecified atom stereocenters. The maximum absolute atomic E-state index is 2.44. The van der Waals surface area contributed by atoms with Crippen LogP contribution in [0.1, 0.15) is 5.56 Å². The smallest absolute Gasteiger partial charge is 0.0542 e. The third kappa shape index (κ3) is 4.37. The molecule has 0 aliphatic heterocycles. The van der Waals surface area contributed by atoms with Crippen molar-refractivity contribution >= 4 is 71.4 Å². The summed E-state index contributed by atoms with van der Waals surface area (Å²) >= 11 is 0. The highest BCUT2D eigenvalue weighted by atomic mass is 15.1. The second kappa shape index (κ2) is 11.3. The first kappa shape index (κ1) is 28.4. The van der Waals surface area contributed by atoms with Crippen molar-refractivity contribution in [1.82, 2.24) is 9.13 Å². The van der Waals surface area contributed by atoms with Crippen molar-refractivity contribution in [3.05, 3.63) is 188 Å². The van der Waals surface area contributed by atoms with Gasteiger partial charge in [0.15, 0.2) is 0 Å². The molecule has 0 amide bonds. The normalized spacial score (nSPS) is 11.7. The van der Waals surface area contributed by atoms with E-state index < -0.39 is 0 Å². The summed E-state index contributed by atoms with van der Waals surface area (Å²) in [5.41, 5.74) is 11.8. The zero-order chi connectivity index (χ0) is 33.2. The molecule has 3 heteroatoms. The van der Waals surface area contributed by atoms with Gasteiger partial charge in [-0.05, 0) is 97.2 Å². The topological polar surface area (TPSA) is 13.1 Å². The summed E-state index contributed by atoms with van der Waals surface area (Å²) in [5.74, 6) is 0. The van der Waals surface area contributed by atoms with Crippen LogP contribution in [0.15, 0.2) is 182 Å². The molecular formula is C47H33N3. The number of para-hydroxylation sites is 3. The predicted molar refractivity (Wildman–Crippen MR) is 212 cm³/mol. The zero-order valence-corrected chi connectivity index (χ0v) is 27.7. The van der Waals surface area contributed by atoms with Gasteiger partial charge < -0.3 is 14.0 Å². The van der Waals surface area contributed by atoms with Gasteiger partial charge in [0.05, 0.1) is 27.8 Å². The average Bonchev–Trinajstić information content (AvgIpc) is 3.67. The van der Waals surface area contributed by atoms with Gasteiger partial charge in [0, 0.05) is 49.7 Å². The van der Waals surface area contributed by atoms with E-state index in [1.807, 2.05) is 0 Å². The third-order valence-electron chi connectivity index (χ3n) is 10.1. The minimum Gasteiger partial charge on any atom is -0.310 e. The second-order valence-electron chi connectivity index (χ2n) is 13.1. The molecule has 0 saturated heterocycles. The second-order valence-corrected chi connectivity index (χ2v) is 13.1. The average molecular weight is 640 g/mol. The van der Waals surface area contributed by atoms with Gasteiger partial charge in [-0.3, -0.25) is 0 Å². The maximum atomic E-state index is 2.44. The van der Waals surface area contributed by atoms with Crippen LogP contribution in [0.3, 0.4) is 0 Å². The van der Waals surface area contributed by atoms with E-state index >= 15 is 0 Å². The number of nitrogens with zero attached hydrogens (tertiary/aromatic N) is 3. The van der Waals surface area contributed by atoms with Crippen LogP contribution in [0.2, 0.25) is 0 Å². The molecule has 10 aromatic rings. The molecule has 0 saturated carbocycles. The molecule has 3 nitrogen and oxygen atoms in total. The van der Waals surface area contributed by atoms with Crippen molar-refractivity contribution in [2.24, 2.45) is 0 Å². The molecule has 2 aromatic heterocycles. The van der Waals surface area contributed by atoms with Gasteiger partial charge >= 0.3 is 0 Å². The SMILES string of the molecule is Cc1ccc2c(c1)c1cc(N(c3ccc4c(c3)c3ccccc3n4-c3ccccc3)c3cccc4ccccc34)ccc1n2-c1ccccc1. The van der Waals surface area contributed by atoms with Crippen LogP contribution in [0.5, 0.6) is 0 Å². The van der Waals surface area contributed by atoms with E-state index in [0.717, 1.165) is 28.4 Å². The summed E-state index contributed by atoms with van der Waals surface area (Å²) in [6.45, 7) is 2.18. The van der Waals surface area contributed by atoms with Gasteiger partial charge in [0.25, 0.3) is 0 Å². The molecule has 0 aliphatic carbocycles. The molecule has 10 rings (SSSR count). The Kier molecular flexibility index (Phi) is 6.40. The highest BCUT2D eigenvalue weighted by Crippen LogP contribution is 2.44. The highest BCUT2D eigenvalue weighted by molar-refractivity contribution is 6.13. The molecule has 0 aliphatic rings. The van der Waals surface area contributed by atoms with E-state index in [-0.39, 0.29) is 0 Å². The molecule has 0 bridgehead atoms. The van der Waals surface area contributed by atoms with Gasteiger partial charge in [-0.1, -0.05) is 103 Å². The van der Waals surface area contributed by atoms with Gasteiger partial charge in [-0.2, -0.15) is 0 Å². The van der Waals surface area contributed by atoms with E-state index in [4.69, 9.17) is 0 Å². The lowest BCUT2D eigenvalue weighted by Crippen LogP contribution is -2.10. The molecule has 50 heavy (non-hydrogen) atoms. The van der Waals surface area contributed by atoms with Crippen LogP contribution in [0.25, 0.3) is 65.8 Å². The molecule has 8 aromatic carbocycles. The quantitative estimate of drug-likeness (QED) is 0.183. The standard InChI is InChI=1S/C47H33N3/c1-32-23-26-45-40(29-32)42-31-37(25-28-47(42)50(45)35-17-6-3-7-18-35)48(43-22-12-14-33-13-8-9-19-38(33)43)36-24-27-46-41(30-36)39-20-10-11-21-44(39)49(46)34-15-4-2-5-16-34/h2-31H,1H3. The number of aromatic nitrogens is 2. The Morgan fingerprint density at radius 1 is 0.360 bits per heavy atom. The van der Waals surface area contributed by atoms with Crippen molar-refractivity contribution in [2.75, 3.05) is 4.90 Å². The van der Waals surface area contributed by atoms with Gasteiger partial charge in [0.2, 0.25) is 0 Å². The van der Waals surface area contributed by atoms with Crippen molar-refractivity contribution in [3.8, 4) is 11.4 Å². The Balaban J connectivity index is 1.26. The van der Waals surface area contributed by atoms with Gasteiger partial charge in [-0.15, -0.1) is 0 Å². The minimum atomic E-state index is 1.12. The Hall–Kier alpha value is -6.58.